The Morgan fingerprint density at radius 3 is 2.79 bits per heavy atom. The van der Waals surface area contributed by atoms with Crippen molar-refractivity contribution in [1.29, 1.82) is 0 Å². The first kappa shape index (κ1) is 12.8. The van der Waals surface area contributed by atoms with Gasteiger partial charge >= 0.3 is 5.97 Å². The number of rotatable bonds is 4. The molecule has 0 spiro atoms. The molecule has 1 fully saturated rings. The average Bonchev–Trinajstić information content (AvgIpc) is 3.13. The first-order valence-corrected chi connectivity index (χ1v) is 6.83. The largest absolute Gasteiger partial charge is 0.456 e. The van der Waals surface area contributed by atoms with Crippen LogP contribution in [-0.2, 0) is 16.1 Å². The molecule has 6 heteroatoms. The number of carbonyl (C=O) groups excluding carboxylic acids is 1. The number of cyclic esters (lactones) is 1. The van der Waals surface area contributed by atoms with Crippen LogP contribution in [0.5, 0.6) is 0 Å². The summed E-state index contributed by atoms with van der Waals surface area (Å²) >= 11 is 11.8. The normalized spacial score (nSPS) is 18.2. The Kier molecular flexibility index (Phi) is 3.37. The van der Waals surface area contributed by atoms with Crippen molar-refractivity contribution in [3.63, 3.8) is 0 Å². The predicted octanol–water partition coefficient (Wildman–Crippen LogP) is 2.79. The number of nitrogens with zero attached hydrogens (tertiary/aromatic N) is 2. The van der Waals surface area contributed by atoms with Crippen molar-refractivity contribution in [3.8, 4) is 0 Å². The van der Waals surface area contributed by atoms with Crippen LogP contribution >= 0.6 is 23.2 Å². The molecule has 0 N–H and O–H groups in total. The predicted molar refractivity (Wildman–Crippen MR) is 71.9 cm³/mol. The van der Waals surface area contributed by atoms with Gasteiger partial charge in [-0.2, -0.15) is 0 Å². The highest BCUT2D eigenvalue weighted by Gasteiger charge is 2.33. The first-order chi connectivity index (χ1) is 9.13. The Morgan fingerprint density at radius 1 is 1.42 bits per heavy atom. The van der Waals surface area contributed by atoms with Gasteiger partial charge in [0.15, 0.2) is 0 Å². The van der Waals surface area contributed by atoms with Gasteiger partial charge in [0.05, 0.1) is 10.7 Å². The summed E-state index contributed by atoms with van der Waals surface area (Å²) in [6, 6.07) is 2.29. The molecule has 1 aliphatic carbocycles. The fourth-order valence-electron chi connectivity index (χ4n) is 2.13. The molecule has 0 aromatic carbocycles. The van der Waals surface area contributed by atoms with Crippen LogP contribution in [0.1, 0.15) is 18.4 Å². The van der Waals surface area contributed by atoms with Gasteiger partial charge in [-0.1, -0.05) is 23.2 Å². The van der Waals surface area contributed by atoms with E-state index in [1.807, 2.05) is 6.07 Å². The lowest BCUT2D eigenvalue weighted by Gasteiger charge is -2.24. The molecule has 0 bridgehead atoms. The number of halogens is 2. The van der Waals surface area contributed by atoms with Crippen molar-refractivity contribution >= 4 is 29.2 Å². The molecule has 0 amide bonds. The van der Waals surface area contributed by atoms with Crippen molar-refractivity contribution in [3.05, 3.63) is 39.8 Å². The molecule has 0 unspecified atom stereocenters. The van der Waals surface area contributed by atoms with Gasteiger partial charge in [-0.15, -0.1) is 0 Å². The SMILES string of the molecule is O=C1C=C(N(Cc2cnc(Cl)c(Cl)c2)C2CC2)CO1. The monoisotopic (exact) mass is 298 g/mol. The molecule has 0 saturated heterocycles. The number of hydrogen-bond acceptors (Lipinski definition) is 4. The van der Waals surface area contributed by atoms with Crippen LogP contribution in [0.2, 0.25) is 10.2 Å². The van der Waals surface area contributed by atoms with E-state index in [4.69, 9.17) is 27.9 Å². The molecule has 1 saturated carbocycles. The summed E-state index contributed by atoms with van der Waals surface area (Å²) in [6.07, 6.45) is 5.55. The van der Waals surface area contributed by atoms with E-state index in [1.54, 1.807) is 12.3 Å². The Hall–Kier alpha value is -1.26. The Bertz CT molecular complexity index is 556. The molecule has 1 aromatic rings. The van der Waals surface area contributed by atoms with Crippen LogP contribution in [0.15, 0.2) is 24.0 Å². The van der Waals surface area contributed by atoms with Gasteiger partial charge < -0.3 is 9.64 Å². The smallest absolute Gasteiger partial charge is 0.333 e. The van der Waals surface area contributed by atoms with Crippen LogP contribution in [0.4, 0.5) is 0 Å². The maximum absolute atomic E-state index is 11.2. The quantitative estimate of drug-likeness (QED) is 0.633. The number of esters is 1. The molecular formula is C13H12Cl2N2O2. The van der Waals surface area contributed by atoms with Crippen molar-refractivity contribution < 1.29 is 9.53 Å². The lowest BCUT2D eigenvalue weighted by atomic mass is 10.2. The summed E-state index contributed by atoms with van der Waals surface area (Å²) in [5.74, 6) is -0.270. The molecule has 4 nitrogen and oxygen atoms in total. The fraction of sp³-hybridized carbons (Fsp3) is 0.385. The van der Waals surface area contributed by atoms with Gasteiger partial charge in [0.25, 0.3) is 0 Å². The summed E-state index contributed by atoms with van der Waals surface area (Å²) in [4.78, 5) is 17.4. The fourth-order valence-corrected chi connectivity index (χ4v) is 2.42. The van der Waals surface area contributed by atoms with Crippen LogP contribution in [0, 0.1) is 0 Å². The molecule has 0 radical (unpaired) electrons. The summed E-state index contributed by atoms with van der Waals surface area (Å²) in [5.41, 5.74) is 1.90. The number of pyridine rings is 1. The molecule has 19 heavy (non-hydrogen) atoms. The first-order valence-electron chi connectivity index (χ1n) is 6.07. The van der Waals surface area contributed by atoms with Crippen LogP contribution < -0.4 is 0 Å². The number of carbonyl (C=O) groups is 1. The summed E-state index contributed by atoms with van der Waals surface area (Å²) in [5, 5.41) is 0.754. The van der Waals surface area contributed by atoms with Gasteiger partial charge in [-0.25, -0.2) is 9.78 Å². The Labute approximate surface area is 121 Å². The van der Waals surface area contributed by atoms with Crippen molar-refractivity contribution in [1.82, 2.24) is 9.88 Å². The topological polar surface area (TPSA) is 42.4 Å². The van der Waals surface area contributed by atoms with Crippen molar-refractivity contribution in [2.45, 2.75) is 25.4 Å². The highest BCUT2D eigenvalue weighted by Crippen LogP contribution is 2.33. The molecular weight excluding hydrogens is 287 g/mol. The summed E-state index contributed by atoms with van der Waals surface area (Å²) in [7, 11) is 0. The minimum absolute atomic E-state index is 0.270. The second kappa shape index (κ2) is 5.02. The molecule has 1 aliphatic heterocycles. The molecule has 3 rings (SSSR count). The van der Waals surface area contributed by atoms with E-state index in [9.17, 15) is 4.79 Å². The van der Waals surface area contributed by atoms with Gasteiger partial charge in [0.1, 0.15) is 11.8 Å². The standard InChI is InChI=1S/C13H12Cl2N2O2/c14-11-3-8(5-16-13(11)15)6-17(9-1-2-9)10-4-12(18)19-7-10/h3-5,9H,1-2,6-7H2. The summed E-state index contributed by atoms with van der Waals surface area (Å²) in [6.45, 7) is 1.01. The number of aromatic nitrogens is 1. The zero-order chi connectivity index (χ0) is 13.4. The second-order valence-electron chi connectivity index (χ2n) is 4.72. The van der Waals surface area contributed by atoms with Crippen LogP contribution in [0.25, 0.3) is 0 Å². The van der Waals surface area contributed by atoms with E-state index in [0.717, 1.165) is 24.1 Å². The number of ether oxygens (including phenoxy) is 1. The third-order valence-electron chi connectivity index (χ3n) is 3.21. The zero-order valence-electron chi connectivity index (χ0n) is 10.1. The summed E-state index contributed by atoms with van der Waals surface area (Å²) < 4.78 is 4.97. The van der Waals surface area contributed by atoms with Gasteiger partial charge in [-0.3, -0.25) is 0 Å². The minimum atomic E-state index is -0.270. The third kappa shape index (κ3) is 2.85. The van der Waals surface area contributed by atoms with Crippen molar-refractivity contribution in [2.75, 3.05) is 6.61 Å². The number of hydrogen-bond donors (Lipinski definition) is 0. The zero-order valence-corrected chi connectivity index (χ0v) is 11.6. The van der Waals surface area contributed by atoms with E-state index < -0.39 is 0 Å². The van der Waals surface area contributed by atoms with E-state index >= 15 is 0 Å². The maximum atomic E-state index is 11.2. The molecule has 2 heterocycles. The Balaban J connectivity index is 1.80. The van der Waals surface area contributed by atoms with Gasteiger partial charge in [0.2, 0.25) is 0 Å². The lowest BCUT2D eigenvalue weighted by Crippen LogP contribution is -2.25. The van der Waals surface area contributed by atoms with Crippen LogP contribution in [0.3, 0.4) is 0 Å². The molecule has 0 atom stereocenters. The highest BCUT2D eigenvalue weighted by molar-refractivity contribution is 6.41. The van der Waals surface area contributed by atoms with E-state index in [2.05, 4.69) is 9.88 Å². The van der Waals surface area contributed by atoms with Crippen LogP contribution in [-0.4, -0.2) is 28.5 Å². The molecule has 100 valence electrons. The Morgan fingerprint density at radius 2 is 2.21 bits per heavy atom. The molecule has 2 aliphatic rings. The van der Waals surface area contributed by atoms with Crippen molar-refractivity contribution in [2.24, 2.45) is 0 Å². The highest BCUT2D eigenvalue weighted by atomic mass is 35.5. The lowest BCUT2D eigenvalue weighted by molar-refractivity contribution is -0.135. The van der Waals surface area contributed by atoms with Gasteiger partial charge in [0, 0.05) is 24.9 Å². The van der Waals surface area contributed by atoms with E-state index in [1.165, 1.54) is 0 Å². The maximum Gasteiger partial charge on any atom is 0.333 e. The van der Waals surface area contributed by atoms with E-state index in [0.29, 0.717) is 29.4 Å². The second-order valence-corrected chi connectivity index (χ2v) is 5.48. The van der Waals surface area contributed by atoms with E-state index in [-0.39, 0.29) is 5.97 Å². The third-order valence-corrected chi connectivity index (χ3v) is 3.90. The molecule has 1 aromatic heterocycles. The minimum Gasteiger partial charge on any atom is -0.456 e. The van der Waals surface area contributed by atoms with Gasteiger partial charge in [-0.05, 0) is 24.5 Å². The average molecular weight is 299 g/mol.